The third kappa shape index (κ3) is 3.99. The molecule has 1 heterocycles. The second kappa shape index (κ2) is 8.39. The molecule has 0 unspecified atom stereocenters. The summed E-state index contributed by atoms with van der Waals surface area (Å²) in [7, 11) is 3.20. The van der Waals surface area contributed by atoms with Crippen LogP contribution in [0.1, 0.15) is 20.8 Å². The van der Waals surface area contributed by atoms with Gasteiger partial charge in [-0.3, -0.25) is 4.79 Å². The molecule has 0 radical (unpaired) electrons. The average molecular weight is 401 g/mol. The second-order valence-corrected chi connectivity index (χ2v) is 7.36. The molecule has 2 aromatic carbocycles. The van der Waals surface area contributed by atoms with Gasteiger partial charge >= 0.3 is 5.97 Å². The van der Waals surface area contributed by atoms with Crippen molar-refractivity contribution in [2.75, 3.05) is 20.8 Å². The van der Waals surface area contributed by atoms with E-state index in [1.807, 2.05) is 24.3 Å². The molecule has 0 spiro atoms. The van der Waals surface area contributed by atoms with Gasteiger partial charge in [0.1, 0.15) is 16.4 Å². The highest BCUT2D eigenvalue weighted by Gasteiger charge is 2.21. The maximum absolute atomic E-state index is 14.0. The van der Waals surface area contributed by atoms with E-state index in [1.165, 1.54) is 11.0 Å². The van der Waals surface area contributed by atoms with Crippen LogP contribution < -0.4 is 4.74 Å². The Morgan fingerprint density at radius 3 is 2.61 bits per heavy atom. The number of carbonyl (C=O) groups excluding carboxylic acids is 2. The molecule has 0 bridgehead atoms. The molecule has 146 valence electrons. The number of para-hydroxylation sites is 1. The van der Waals surface area contributed by atoms with E-state index in [9.17, 15) is 14.0 Å². The van der Waals surface area contributed by atoms with Gasteiger partial charge in [0.15, 0.2) is 6.61 Å². The van der Waals surface area contributed by atoms with Crippen molar-refractivity contribution in [2.24, 2.45) is 0 Å². The van der Waals surface area contributed by atoms with E-state index in [-0.39, 0.29) is 18.3 Å². The number of nitrogens with zero attached hydrogens (tertiary/aromatic N) is 1. The first-order valence-corrected chi connectivity index (χ1v) is 9.44. The van der Waals surface area contributed by atoms with Crippen LogP contribution in [0.4, 0.5) is 4.39 Å². The number of hydrogen-bond donors (Lipinski definition) is 0. The van der Waals surface area contributed by atoms with E-state index in [1.54, 1.807) is 33.2 Å². The fraction of sp³-hybridized carbons (Fsp3) is 0.238. The van der Waals surface area contributed by atoms with Gasteiger partial charge in [-0.2, -0.15) is 0 Å². The number of ether oxygens (including phenoxy) is 2. The SMILES string of the molecule is COc1ccccc1CN(C)C(=O)COC(=O)c1sc2cccc(F)c2c1C. The lowest BCUT2D eigenvalue weighted by Gasteiger charge is -2.18. The summed E-state index contributed by atoms with van der Waals surface area (Å²) in [5.74, 6) is -0.665. The first-order chi connectivity index (χ1) is 13.4. The standard InChI is InChI=1S/C21H20FNO4S/c1-13-19-15(22)8-6-10-17(19)28-20(13)21(25)27-12-18(24)23(2)11-14-7-4-5-9-16(14)26-3/h4-10H,11-12H2,1-3H3. The summed E-state index contributed by atoms with van der Waals surface area (Å²) in [5.41, 5.74) is 1.38. The van der Waals surface area contributed by atoms with Gasteiger partial charge < -0.3 is 14.4 Å². The topological polar surface area (TPSA) is 55.8 Å². The first kappa shape index (κ1) is 19.8. The highest BCUT2D eigenvalue weighted by molar-refractivity contribution is 7.21. The van der Waals surface area contributed by atoms with E-state index in [0.29, 0.717) is 32.8 Å². The summed E-state index contributed by atoms with van der Waals surface area (Å²) < 4.78 is 25.1. The third-order valence-corrected chi connectivity index (χ3v) is 5.68. The summed E-state index contributed by atoms with van der Waals surface area (Å²) in [6.45, 7) is 1.61. The average Bonchev–Trinajstić information content (AvgIpc) is 3.04. The fourth-order valence-corrected chi connectivity index (χ4v) is 4.05. The van der Waals surface area contributed by atoms with Crippen LogP contribution in [0, 0.1) is 12.7 Å². The summed E-state index contributed by atoms with van der Waals surface area (Å²) >= 11 is 1.16. The molecule has 3 rings (SSSR count). The number of amides is 1. The number of hydrogen-bond acceptors (Lipinski definition) is 5. The Kier molecular flexibility index (Phi) is 5.94. The second-order valence-electron chi connectivity index (χ2n) is 6.31. The molecule has 1 amide bonds. The van der Waals surface area contributed by atoms with Crippen molar-refractivity contribution in [1.29, 1.82) is 0 Å². The third-order valence-electron chi connectivity index (χ3n) is 4.44. The van der Waals surface area contributed by atoms with E-state index < -0.39 is 5.97 Å². The van der Waals surface area contributed by atoms with E-state index >= 15 is 0 Å². The largest absolute Gasteiger partial charge is 0.496 e. The molecule has 3 aromatic rings. The molecule has 0 saturated heterocycles. The van der Waals surface area contributed by atoms with Gasteiger partial charge in [-0.15, -0.1) is 11.3 Å². The molecule has 0 aliphatic carbocycles. The van der Waals surface area contributed by atoms with Gasteiger partial charge in [-0.1, -0.05) is 24.3 Å². The molecule has 5 nitrogen and oxygen atoms in total. The molecule has 7 heteroatoms. The predicted molar refractivity (Wildman–Crippen MR) is 106 cm³/mol. The van der Waals surface area contributed by atoms with Crippen LogP contribution >= 0.6 is 11.3 Å². The van der Waals surface area contributed by atoms with Gasteiger partial charge in [-0.05, 0) is 30.7 Å². The smallest absolute Gasteiger partial charge is 0.349 e. The minimum atomic E-state index is -0.628. The number of benzene rings is 2. The Balaban J connectivity index is 1.65. The van der Waals surface area contributed by atoms with Gasteiger partial charge in [0, 0.05) is 29.2 Å². The molecule has 0 atom stereocenters. The maximum Gasteiger partial charge on any atom is 0.349 e. The van der Waals surface area contributed by atoms with Gasteiger partial charge in [-0.25, -0.2) is 9.18 Å². The zero-order chi connectivity index (χ0) is 20.3. The van der Waals surface area contributed by atoms with Crippen LogP contribution in [0.2, 0.25) is 0 Å². The Bertz CT molecular complexity index is 1030. The lowest BCUT2D eigenvalue weighted by atomic mass is 10.1. The highest BCUT2D eigenvalue weighted by Crippen LogP contribution is 2.33. The summed E-state index contributed by atoms with van der Waals surface area (Å²) in [5, 5.41) is 0.416. The Hall–Kier alpha value is -2.93. The van der Waals surface area contributed by atoms with Gasteiger partial charge in [0.05, 0.1) is 7.11 Å². The maximum atomic E-state index is 14.0. The molecule has 0 saturated carbocycles. The predicted octanol–water partition coefficient (Wildman–Crippen LogP) is 4.17. The molecule has 1 aromatic heterocycles. The van der Waals surface area contributed by atoms with Crippen LogP contribution in [0.3, 0.4) is 0 Å². The fourth-order valence-electron chi connectivity index (χ4n) is 2.93. The normalized spacial score (nSPS) is 10.7. The highest BCUT2D eigenvalue weighted by atomic mass is 32.1. The first-order valence-electron chi connectivity index (χ1n) is 8.63. The molecular formula is C21H20FNO4S. The number of carbonyl (C=O) groups is 2. The van der Waals surface area contributed by atoms with Crippen molar-refractivity contribution in [1.82, 2.24) is 4.90 Å². The van der Waals surface area contributed by atoms with Crippen LogP contribution in [-0.4, -0.2) is 37.5 Å². The number of aryl methyl sites for hydroxylation is 1. The lowest BCUT2D eigenvalue weighted by Crippen LogP contribution is -2.31. The van der Waals surface area contributed by atoms with Crippen molar-refractivity contribution in [2.45, 2.75) is 13.5 Å². The Morgan fingerprint density at radius 2 is 1.89 bits per heavy atom. The minimum absolute atomic E-state index is 0.306. The number of fused-ring (bicyclic) bond motifs is 1. The number of methoxy groups -OCH3 is 1. The lowest BCUT2D eigenvalue weighted by molar-refractivity contribution is -0.133. The van der Waals surface area contributed by atoms with E-state index in [4.69, 9.17) is 9.47 Å². The van der Waals surface area contributed by atoms with E-state index in [2.05, 4.69) is 0 Å². The zero-order valence-electron chi connectivity index (χ0n) is 15.8. The molecule has 0 fully saturated rings. The number of halogens is 1. The molecule has 0 N–H and O–H groups in total. The van der Waals surface area contributed by atoms with Crippen molar-refractivity contribution in [3.8, 4) is 5.75 Å². The zero-order valence-corrected chi connectivity index (χ0v) is 16.6. The van der Waals surface area contributed by atoms with Crippen LogP contribution in [0.5, 0.6) is 5.75 Å². The van der Waals surface area contributed by atoms with Crippen LogP contribution in [0.15, 0.2) is 42.5 Å². The number of thiophene rings is 1. The van der Waals surface area contributed by atoms with Crippen molar-refractivity contribution < 1.29 is 23.5 Å². The van der Waals surface area contributed by atoms with Gasteiger partial charge in [0.2, 0.25) is 0 Å². The minimum Gasteiger partial charge on any atom is -0.496 e. The summed E-state index contributed by atoms with van der Waals surface area (Å²) in [6.07, 6.45) is 0. The number of esters is 1. The monoisotopic (exact) mass is 401 g/mol. The van der Waals surface area contributed by atoms with Gasteiger partial charge in [0.25, 0.3) is 5.91 Å². The number of rotatable bonds is 6. The molecular weight excluding hydrogens is 381 g/mol. The molecule has 28 heavy (non-hydrogen) atoms. The van der Waals surface area contributed by atoms with Crippen molar-refractivity contribution >= 4 is 33.3 Å². The quantitative estimate of drug-likeness (QED) is 0.582. The Morgan fingerprint density at radius 1 is 1.14 bits per heavy atom. The molecule has 0 aliphatic rings. The summed E-state index contributed by atoms with van der Waals surface area (Å²) in [4.78, 5) is 26.5. The molecule has 0 aliphatic heterocycles. The van der Waals surface area contributed by atoms with E-state index in [0.717, 1.165) is 16.9 Å². The van der Waals surface area contributed by atoms with Crippen molar-refractivity contribution in [3.05, 3.63) is 64.3 Å². The Labute approximate surface area is 166 Å². The summed E-state index contributed by atoms with van der Waals surface area (Å²) in [6, 6.07) is 12.1. The number of likely N-dealkylation sites (N-methyl/N-ethyl adjacent to an activating group) is 1. The van der Waals surface area contributed by atoms with Crippen LogP contribution in [-0.2, 0) is 16.1 Å². The van der Waals surface area contributed by atoms with Crippen molar-refractivity contribution in [3.63, 3.8) is 0 Å². The van der Waals surface area contributed by atoms with Crippen LogP contribution in [0.25, 0.3) is 10.1 Å².